The fourth-order valence-corrected chi connectivity index (χ4v) is 1.77. The Hall–Kier alpha value is -2.20. The van der Waals surface area contributed by atoms with E-state index in [1.54, 1.807) is 0 Å². The first-order valence-corrected chi connectivity index (χ1v) is 6.53. The molecule has 2 aromatic rings. The highest BCUT2D eigenvalue weighted by Crippen LogP contribution is 2.11. The average molecular weight is 271 g/mol. The number of ether oxygens (including phenoxy) is 1. The smallest absolute Gasteiger partial charge is 0.158 e. The van der Waals surface area contributed by atoms with Crippen LogP contribution in [-0.4, -0.2) is 22.5 Å². The molecule has 1 aromatic heterocycles. The minimum Gasteiger partial charge on any atom is -0.487 e. The Labute approximate surface area is 118 Å². The van der Waals surface area contributed by atoms with E-state index in [2.05, 4.69) is 4.98 Å². The Morgan fingerprint density at radius 3 is 2.55 bits per heavy atom. The van der Waals surface area contributed by atoms with Crippen molar-refractivity contribution in [2.75, 3.05) is 6.61 Å². The lowest BCUT2D eigenvalue weighted by molar-refractivity contribution is -0.121. The van der Waals surface area contributed by atoms with Crippen LogP contribution >= 0.6 is 0 Å². The van der Waals surface area contributed by atoms with Crippen molar-refractivity contribution in [2.45, 2.75) is 19.4 Å². The molecule has 0 spiro atoms. The second kappa shape index (κ2) is 7.40. The number of aromatic nitrogens is 1. The molecular weight excluding hydrogens is 254 g/mol. The van der Waals surface area contributed by atoms with Crippen molar-refractivity contribution in [1.29, 1.82) is 0 Å². The molecule has 0 fully saturated rings. The Morgan fingerprint density at radius 1 is 1.05 bits per heavy atom. The summed E-state index contributed by atoms with van der Waals surface area (Å²) in [5.41, 5.74) is 1.66. The van der Waals surface area contributed by atoms with Crippen molar-refractivity contribution >= 4 is 5.78 Å². The van der Waals surface area contributed by atoms with E-state index >= 15 is 0 Å². The Kier molecular flexibility index (Phi) is 5.26. The summed E-state index contributed by atoms with van der Waals surface area (Å²) in [5.74, 6) is 0.632. The zero-order valence-corrected chi connectivity index (χ0v) is 11.2. The van der Waals surface area contributed by atoms with E-state index in [0.717, 1.165) is 17.1 Å². The van der Waals surface area contributed by atoms with Crippen LogP contribution in [-0.2, 0) is 17.8 Å². The maximum absolute atomic E-state index is 11.1. The number of carbonyl (C=O) groups is 1. The molecule has 0 radical (unpaired) electrons. The van der Waals surface area contributed by atoms with E-state index in [0.29, 0.717) is 19.4 Å². The van der Waals surface area contributed by atoms with Crippen molar-refractivity contribution in [2.24, 2.45) is 0 Å². The molecule has 1 heterocycles. The maximum Gasteiger partial charge on any atom is 0.158 e. The van der Waals surface area contributed by atoms with Gasteiger partial charge in [-0.1, -0.05) is 24.3 Å². The Balaban J connectivity index is 1.90. The summed E-state index contributed by atoms with van der Waals surface area (Å²) >= 11 is 0. The van der Waals surface area contributed by atoms with Crippen LogP contribution in [0.1, 0.15) is 17.8 Å². The van der Waals surface area contributed by atoms with Gasteiger partial charge in [-0.2, -0.15) is 0 Å². The highest BCUT2D eigenvalue weighted by Gasteiger charge is 2.03. The monoisotopic (exact) mass is 271 g/mol. The second-order valence-corrected chi connectivity index (χ2v) is 4.42. The zero-order valence-electron chi connectivity index (χ0n) is 11.2. The molecule has 20 heavy (non-hydrogen) atoms. The molecule has 4 nitrogen and oxygen atoms in total. The highest BCUT2D eigenvalue weighted by molar-refractivity contribution is 5.79. The summed E-state index contributed by atoms with van der Waals surface area (Å²) in [6.45, 7) is -0.0113. The van der Waals surface area contributed by atoms with E-state index in [9.17, 15) is 4.79 Å². The molecule has 1 aromatic carbocycles. The van der Waals surface area contributed by atoms with Gasteiger partial charge in [0.25, 0.3) is 0 Å². The topological polar surface area (TPSA) is 59.4 Å². The van der Waals surface area contributed by atoms with Gasteiger partial charge in [0.05, 0.1) is 5.69 Å². The van der Waals surface area contributed by atoms with E-state index in [-0.39, 0.29) is 5.78 Å². The molecule has 0 amide bonds. The zero-order chi connectivity index (χ0) is 14.2. The molecule has 0 aliphatic heterocycles. The minimum atomic E-state index is -0.406. The van der Waals surface area contributed by atoms with E-state index in [1.807, 2.05) is 48.5 Å². The van der Waals surface area contributed by atoms with Crippen molar-refractivity contribution in [1.82, 2.24) is 4.98 Å². The third kappa shape index (κ3) is 4.48. The van der Waals surface area contributed by atoms with Crippen LogP contribution in [0.2, 0.25) is 0 Å². The van der Waals surface area contributed by atoms with Gasteiger partial charge in [-0.25, -0.2) is 0 Å². The standard InChI is InChI=1S/C16H17NO3/c18-11-15(19)10-9-13-5-4-6-14(17-13)12-20-16-7-2-1-3-8-16/h1-8,18H,9-12H2. The second-order valence-electron chi connectivity index (χ2n) is 4.42. The van der Waals surface area contributed by atoms with Gasteiger partial charge in [-0.15, -0.1) is 0 Å². The first-order valence-electron chi connectivity index (χ1n) is 6.53. The summed E-state index contributed by atoms with van der Waals surface area (Å²) in [6, 6.07) is 15.2. The van der Waals surface area contributed by atoms with Crippen LogP contribution in [0.3, 0.4) is 0 Å². The first kappa shape index (κ1) is 14.2. The van der Waals surface area contributed by atoms with Crippen LogP contribution in [0.25, 0.3) is 0 Å². The van der Waals surface area contributed by atoms with Gasteiger partial charge < -0.3 is 9.84 Å². The normalized spacial score (nSPS) is 10.2. The summed E-state index contributed by atoms with van der Waals surface area (Å²) in [5, 5.41) is 8.69. The van der Waals surface area contributed by atoms with Crippen LogP contribution < -0.4 is 4.74 Å². The quantitative estimate of drug-likeness (QED) is 0.838. The molecule has 0 unspecified atom stereocenters. The van der Waals surface area contributed by atoms with Gasteiger partial charge in [0.1, 0.15) is 19.0 Å². The number of aliphatic hydroxyl groups is 1. The molecule has 0 atom stereocenters. The lowest BCUT2D eigenvalue weighted by atomic mass is 10.1. The predicted molar refractivity (Wildman–Crippen MR) is 75.4 cm³/mol. The van der Waals surface area contributed by atoms with Crippen molar-refractivity contribution in [3.63, 3.8) is 0 Å². The van der Waals surface area contributed by atoms with Crippen molar-refractivity contribution < 1.29 is 14.6 Å². The first-order chi connectivity index (χ1) is 9.78. The van der Waals surface area contributed by atoms with Crippen molar-refractivity contribution in [3.05, 3.63) is 59.9 Å². The van der Waals surface area contributed by atoms with Gasteiger partial charge >= 0.3 is 0 Å². The maximum atomic E-state index is 11.1. The number of hydrogen-bond donors (Lipinski definition) is 1. The number of hydrogen-bond acceptors (Lipinski definition) is 4. The number of aryl methyl sites for hydroxylation is 1. The SMILES string of the molecule is O=C(CO)CCc1cccc(COc2ccccc2)n1. The fourth-order valence-electron chi connectivity index (χ4n) is 1.77. The van der Waals surface area contributed by atoms with Crippen LogP contribution in [0, 0.1) is 0 Å². The number of carbonyl (C=O) groups excluding carboxylic acids is 1. The number of ketones is 1. The third-order valence-corrected chi connectivity index (χ3v) is 2.83. The number of pyridine rings is 1. The van der Waals surface area contributed by atoms with Crippen LogP contribution in [0.4, 0.5) is 0 Å². The van der Waals surface area contributed by atoms with Gasteiger partial charge in [-0.05, 0) is 30.7 Å². The fraction of sp³-hybridized carbons (Fsp3) is 0.250. The Morgan fingerprint density at radius 2 is 1.80 bits per heavy atom. The molecule has 1 N–H and O–H groups in total. The van der Waals surface area contributed by atoms with Gasteiger partial charge in [0.2, 0.25) is 0 Å². The van der Waals surface area contributed by atoms with Gasteiger partial charge in [0, 0.05) is 12.1 Å². The lowest BCUT2D eigenvalue weighted by Gasteiger charge is -2.07. The molecule has 2 rings (SSSR count). The van der Waals surface area contributed by atoms with E-state index in [1.165, 1.54) is 0 Å². The molecule has 0 aliphatic carbocycles. The minimum absolute atomic E-state index is 0.169. The molecule has 0 aliphatic rings. The van der Waals surface area contributed by atoms with Crippen molar-refractivity contribution in [3.8, 4) is 5.75 Å². The number of nitrogens with zero attached hydrogens (tertiary/aromatic N) is 1. The highest BCUT2D eigenvalue weighted by atomic mass is 16.5. The molecule has 4 heteroatoms. The number of aliphatic hydroxyl groups excluding tert-OH is 1. The predicted octanol–water partition coefficient (Wildman–Crippen LogP) is 2.15. The van der Waals surface area contributed by atoms with Crippen LogP contribution in [0.15, 0.2) is 48.5 Å². The van der Waals surface area contributed by atoms with E-state index in [4.69, 9.17) is 9.84 Å². The molecule has 104 valence electrons. The van der Waals surface area contributed by atoms with Gasteiger partial charge in [-0.3, -0.25) is 9.78 Å². The number of rotatable bonds is 7. The molecule has 0 bridgehead atoms. The van der Waals surface area contributed by atoms with Gasteiger partial charge in [0.15, 0.2) is 5.78 Å². The third-order valence-electron chi connectivity index (χ3n) is 2.83. The molecule has 0 saturated carbocycles. The average Bonchev–Trinajstić information content (AvgIpc) is 2.52. The molecular formula is C16H17NO3. The summed E-state index contributed by atoms with van der Waals surface area (Å²) < 4.78 is 5.62. The lowest BCUT2D eigenvalue weighted by Crippen LogP contribution is -2.06. The Bertz CT molecular complexity index is 555. The van der Waals surface area contributed by atoms with Crippen LogP contribution in [0.5, 0.6) is 5.75 Å². The summed E-state index contributed by atoms with van der Waals surface area (Å²) in [4.78, 5) is 15.5. The number of para-hydroxylation sites is 1. The summed E-state index contributed by atoms with van der Waals surface area (Å²) in [7, 11) is 0. The number of Topliss-reactive ketones (excluding diaryl/α,β-unsaturated/α-hetero) is 1. The number of benzene rings is 1. The largest absolute Gasteiger partial charge is 0.487 e. The molecule has 0 saturated heterocycles. The van der Waals surface area contributed by atoms with E-state index < -0.39 is 6.61 Å². The summed E-state index contributed by atoms with van der Waals surface area (Å²) in [6.07, 6.45) is 0.852.